The second kappa shape index (κ2) is 5.80. The van der Waals surface area contributed by atoms with Crippen molar-refractivity contribution in [3.63, 3.8) is 0 Å². The monoisotopic (exact) mass is 300 g/mol. The average molecular weight is 300 g/mol. The number of carbonyl (C=O) groups is 1. The Morgan fingerprint density at radius 1 is 1.52 bits per heavy atom. The highest BCUT2D eigenvalue weighted by Gasteiger charge is 2.47. The zero-order valence-corrected chi connectivity index (χ0v) is 11.5. The molecule has 0 radical (unpaired) electrons. The first-order chi connectivity index (χ1) is 9.85. The van der Waals surface area contributed by atoms with Crippen LogP contribution in [0.2, 0.25) is 0 Å². The minimum absolute atomic E-state index is 0.0263. The van der Waals surface area contributed by atoms with E-state index in [4.69, 9.17) is 14.6 Å². The van der Waals surface area contributed by atoms with Crippen LogP contribution < -0.4 is 11.2 Å². The summed E-state index contributed by atoms with van der Waals surface area (Å²) >= 11 is 0. The molecule has 1 fully saturated rings. The van der Waals surface area contributed by atoms with Gasteiger partial charge in [-0.2, -0.15) is 0 Å². The summed E-state index contributed by atoms with van der Waals surface area (Å²) in [6, 6.07) is 0. The van der Waals surface area contributed by atoms with E-state index in [9.17, 15) is 19.5 Å². The van der Waals surface area contributed by atoms with E-state index in [1.165, 1.54) is 13.2 Å². The molecule has 116 valence electrons. The zero-order valence-electron chi connectivity index (χ0n) is 11.5. The fourth-order valence-corrected chi connectivity index (χ4v) is 2.25. The molecule has 1 aliphatic rings. The van der Waals surface area contributed by atoms with Gasteiger partial charge in [0, 0.05) is 20.2 Å². The third-order valence-corrected chi connectivity index (χ3v) is 3.26. The van der Waals surface area contributed by atoms with Gasteiger partial charge >= 0.3 is 11.7 Å². The van der Waals surface area contributed by atoms with E-state index in [0.717, 1.165) is 11.5 Å². The Balaban J connectivity index is 2.45. The highest BCUT2D eigenvalue weighted by Crippen LogP contribution is 2.33. The van der Waals surface area contributed by atoms with Crippen LogP contribution in [0.4, 0.5) is 0 Å². The van der Waals surface area contributed by atoms with Crippen molar-refractivity contribution in [2.75, 3.05) is 6.61 Å². The molecule has 0 saturated carbocycles. The number of nitrogens with zero attached hydrogens (tertiary/aromatic N) is 1. The summed E-state index contributed by atoms with van der Waals surface area (Å²) in [5, 5.41) is 19.2. The smallest absolute Gasteiger partial charge is 0.328 e. The maximum absolute atomic E-state index is 11.9. The molecular weight excluding hydrogens is 284 g/mol. The van der Waals surface area contributed by atoms with Crippen molar-refractivity contribution >= 4 is 5.97 Å². The van der Waals surface area contributed by atoms with Crippen LogP contribution in [0.5, 0.6) is 0 Å². The van der Waals surface area contributed by atoms with Gasteiger partial charge in [0.2, 0.25) is 0 Å². The van der Waals surface area contributed by atoms with Gasteiger partial charge in [-0.15, -0.1) is 0 Å². The van der Waals surface area contributed by atoms with Crippen LogP contribution >= 0.6 is 0 Å². The highest BCUT2D eigenvalue weighted by atomic mass is 16.6. The quantitative estimate of drug-likeness (QED) is 0.540. The Morgan fingerprint density at radius 3 is 2.76 bits per heavy atom. The molecule has 2 heterocycles. The standard InChI is InChI=1S/C12H16N2O7/c1-5(16)20-10-8(17)7(4-15)21-9(10)6-3-14(2)12(19)13-11(6)18/h3,7-10,15,17H,4H2,1-2H3,(H,13,18,19)/t7-,8?,9+,10+/m1/s1. The first-order valence-electron chi connectivity index (χ1n) is 6.26. The normalized spacial score (nSPS) is 28.6. The van der Waals surface area contributed by atoms with Crippen molar-refractivity contribution in [1.82, 2.24) is 9.55 Å². The molecule has 0 aromatic carbocycles. The van der Waals surface area contributed by atoms with Crippen molar-refractivity contribution in [3.8, 4) is 0 Å². The van der Waals surface area contributed by atoms with Crippen molar-refractivity contribution in [2.24, 2.45) is 7.05 Å². The summed E-state index contributed by atoms with van der Waals surface area (Å²) in [5.41, 5.74) is -1.28. The number of rotatable bonds is 3. The van der Waals surface area contributed by atoms with E-state index in [1.54, 1.807) is 0 Å². The maximum Gasteiger partial charge on any atom is 0.328 e. The number of aryl methyl sites for hydroxylation is 1. The van der Waals surface area contributed by atoms with Crippen molar-refractivity contribution in [3.05, 3.63) is 32.6 Å². The lowest BCUT2D eigenvalue weighted by Crippen LogP contribution is -2.37. The van der Waals surface area contributed by atoms with Gasteiger partial charge in [-0.25, -0.2) is 4.79 Å². The number of aliphatic hydroxyl groups excluding tert-OH is 2. The number of hydrogen-bond acceptors (Lipinski definition) is 7. The van der Waals surface area contributed by atoms with Gasteiger partial charge in [0.15, 0.2) is 6.10 Å². The lowest BCUT2D eigenvalue weighted by atomic mass is 10.0. The molecule has 9 nitrogen and oxygen atoms in total. The molecule has 2 rings (SSSR count). The van der Waals surface area contributed by atoms with Crippen LogP contribution in [0.1, 0.15) is 18.6 Å². The molecule has 4 atom stereocenters. The summed E-state index contributed by atoms with van der Waals surface area (Å²) < 4.78 is 11.5. The molecule has 0 aliphatic carbocycles. The lowest BCUT2D eigenvalue weighted by Gasteiger charge is -2.19. The van der Waals surface area contributed by atoms with Crippen LogP contribution in [0.25, 0.3) is 0 Å². The van der Waals surface area contributed by atoms with Gasteiger partial charge in [-0.05, 0) is 0 Å². The van der Waals surface area contributed by atoms with E-state index in [1.807, 2.05) is 0 Å². The van der Waals surface area contributed by atoms with Crippen molar-refractivity contribution < 1.29 is 24.5 Å². The predicted molar refractivity (Wildman–Crippen MR) is 68.6 cm³/mol. The lowest BCUT2D eigenvalue weighted by molar-refractivity contribution is -0.153. The van der Waals surface area contributed by atoms with E-state index in [2.05, 4.69) is 4.98 Å². The Kier molecular flexibility index (Phi) is 4.26. The molecule has 1 unspecified atom stereocenters. The van der Waals surface area contributed by atoms with Crippen LogP contribution in [-0.4, -0.2) is 50.7 Å². The van der Waals surface area contributed by atoms with Crippen LogP contribution in [0.3, 0.4) is 0 Å². The summed E-state index contributed by atoms with van der Waals surface area (Å²) in [5.74, 6) is -0.660. The Bertz CT molecular complexity index is 650. The maximum atomic E-state index is 11.9. The molecule has 1 aromatic rings. The number of aromatic nitrogens is 2. The third kappa shape index (κ3) is 2.89. The Labute approximate surface area is 118 Å². The van der Waals surface area contributed by atoms with Crippen LogP contribution in [0, 0.1) is 0 Å². The van der Waals surface area contributed by atoms with E-state index in [0.29, 0.717) is 0 Å². The molecule has 1 aromatic heterocycles. The van der Waals surface area contributed by atoms with Crippen LogP contribution in [-0.2, 0) is 21.3 Å². The van der Waals surface area contributed by atoms with Gasteiger partial charge in [-0.1, -0.05) is 0 Å². The molecular formula is C12H16N2O7. The number of aliphatic hydroxyl groups is 2. The first-order valence-corrected chi connectivity index (χ1v) is 6.26. The average Bonchev–Trinajstić information content (AvgIpc) is 2.71. The predicted octanol–water partition coefficient (Wildman–Crippen LogP) is -2.20. The van der Waals surface area contributed by atoms with E-state index >= 15 is 0 Å². The fourth-order valence-electron chi connectivity index (χ4n) is 2.25. The third-order valence-electron chi connectivity index (χ3n) is 3.26. The van der Waals surface area contributed by atoms with Crippen molar-refractivity contribution in [1.29, 1.82) is 0 Å². The number of ether oxygens (including phenoxy) is 2. The first kappa shape index (κ1) is 15.4. The van der Waals surface area contributed by atoms with E-state index < -0.39 is 48.2 Å². The molecule has 0 bridgehead atoms. The Morgan fingerprint density at radius 2 is 2.19 bits per heavy atom. The molecule has 0 amide bonds. The number of aromatic amines is 1. The van der Waals surface area contributed by atoms with Gasteiger partial charge in [0.05, 0.1) is 12.2 Å². The summed E-state index contributed by atoms with van der Waals surface area (Å²) in [6.45, 7) is 0.653. The zero-order chi connectivity index (χ0) is 15.7. The summed E-state index contributed by atoms with van der Waals surface area (Å²) in [6.07, 6.45) is -3.24. The molecule has 21 heavy (non-hydrogen) atoms. The number of esters is 1. The molecule has 1 saturated heterocycles. The van der Waals surface area contributed by atoms with Gasteiger partial charge < -0.3 is 24.3 Å². The van der Waals surface area contributed by atoms with E-state index in [-0.39, 0.29) is 5.56 Å². The van der Waals surface area contributed by atoms with Gasteiger partial charge in [-0.3, -0.25) is 14.6 Å². The Hall–Kier alpha value is -1.97. The minimum Gasteiger partial charge on any atom is -0.457 e. The summed E-state index contributed by atoms with van der Waals surface area (Å²) in [7, 11) is 1.43. The highest BCUT2D eigenvalue weighted by molar-refractivity contribution is 5.66. The van der Waals surface area contributed by atoms with Gasteiger partial charge in [0.25, 0.3) is 5.56 Å². The van der Waals surface area contributed by atoms with Crippen molar-refractivity contribution in [2.45, 2.75) is 31.3 Å². The van der Waals surface area contributed by atoms with Gasteiger partial charge in [0.1, 0.15) is 18.3 Å². The SMILES string of the molecule is CC(=O)O[C@H]1C(O)[C@@H](CO)O[C@H]1c1cn(C)c(=O)[nH]c1=O. The molecule has 0 spiro atoms. The minimum atomic E-state index is -1.28. The second-order valence-corrected chi connectivity index (χ2v) is 4.80. The topological polar surface area (TPSA) is 131 Å². The summed E-state index contributed by atoms with van der Waals surface area (Å²) in [4.78, 5) is 36.4. The van der Waals surface area contributed by atoms with Crippen LogP contribution in [0.15, 0.2) is 15.8 Å². The molecule has 1 aliphatic heterocycles. The second-order valence-electron chi connectivity index (χ2n) is 4.80. The largest absolute Gasteiger partial charge is 0.457 e. The number of hydrogen-bond donors (Lipinski definition) is 3. The number of nitrogens with one attached hydrogen (secondary N) is 1. The molecule has 3 N–H and O–H groups in total. The fraction of sp³-hybridized carbons (Fsp3) is 0.583. The molecule has 9 heteroatoms. The number of carbonyl (C=O) groups excluding carboxylic acids is 1. The number of H-pyrrole nitrogens is 1.